The van der Waals surface area contributed by atoms with E-state index in [4.69, 9.17) is 67.5 Å². The molecule has 1 fully saturated rings. The summed E-state index contributed by atoms with van der Waals surface area (Å²) in [6.07, 6.45) is -0.0612. The first kappa shape index (κ1) is 27.6. The molecule has 0 bridgehead atoms. The number of imide groups is 1. The predicted molar refractivity (Wildman–Crippen MR) is 148 cm³/mol. The number of benzene rings is 3. The number of anilines is 2. The van der Waals surface area contributed by atoms with Crippen LogP contribution in [0.2, 0.25) is 25.1 Å². The molecule has 0 radical (unpaired) electrons. The second-order valence-corrected chi connectivity index (χ2v) is 10.5. The second-order valence-electron chi connectivity index (χ2n) is 8.59. The number of methoxy groups -OCH3 is 1. The highest BCUT2D eigenvalue weighted by Crippen LogP contribution is 2.46. The molecule has 2 aliphatic rings. The lowest BCUT2D eigenvalue weighted by Gasteiger charge is -2.19. The molecule has 0 N–H and O–H groups in total. The van der Waals surface area contributed by atoms with Crippen LogP contribution in [0.4, 0.5) is 11.4 Å². The topological polar surface area (TPSA) is 93.2 Å². The molecule has 0 spiro atoms. The first-order valence-corrected chi connectivity index (χ1v) is 13.1. The maximum atomic E-state index is 13.0. The molecule has 3 aromatic carbocycles. The number of carbonyl (C=O) groups excluding carboxylic acids is 4. The second kappa shape index (κ2) is 10.5. The Hall–Kier alpha value is -3.01. The van der Waals surface area contributed by atoms with Crippen molar-refractivity contribution in [3.63, 3.8) is 0 Å². The van der Waals surface area contributed by atoms with Gasteiger partial charge in [0.2, 0.25) is 5.91 Å². The van der Waals surface area contributed by atoms with E-state index in [-0.39, 0.29) is 61.5 Å². The largest absolute Gasteiger partial charge is 0.495 e. The molecule has 0 aromatic heterocycles. The first-order chi connectivity index (χ1) is 18.5. The Morgan fingerprint density at radius 3 is 2.00 bits per heavy atom. The van der Waals surface area contributed by atoms with E-state index in [2.05, 4.69) is 0 Å². The molecule has 0 saturated carbocycles. The number of hydrogen-bond donors (Lipinski definition) is 0. The highest BCUT2D eigenvalue weighted by atomic mass is 35.5. The fourth-order valence-electron chi connectivity index (χ4n) is 4.42. The number of ether oxygens (including phenoxy) is 2. The van der Waals surface area contributed by atoms with Crippen LogP contribution >= 0.6 is 58.0 Å². The minimum absolute atomic E-state index is 0.0612. The van der Waals surface area contributed by atoms with Crippen LogP contribution in [0.25, 0.3) is 0 Å². The lowest BCUT2D eigenvalue weighted by atomic mass is 10.1. The minimum atomic E-state index is -0.740. The van der Waals surface area contributed by atoms with Gasteiger partial charge in [-0.05, 0) is 42.5 Å². The summed E-state index contributed by atoms with van der Waals surface area (Å²) in [4.78, 5) is 53.9. The summed E-state index contributed by atoms with van der Waals surface area (Å²) in [6, 6.07) is 10.5. The van der Waals surface area contributed by atoms with E-state index < -0.39 is 23.7 Å². The van der Waals surface area contributed by atoms with Crippen molar-refractivity contribution in [1.82, 2.24) is 0 Å². The number of halogens is 5. The molecule has 39 heavy (non-hydrogen) atoms. The molecule has 13 heteroatoms. The SMILES string of the molecule is COc1ccc(Cl)cc1N1C[C@@H](C(=O)Oc2ccc(N3C(=O)c4c(Cl)c(Cl)c(Cl)c(Cl)c4C3=O)cc2)CC1=O. The zero-order valence-corrected chi connectivity index (χ0v) is 23.5. The summed E-state index contributed by atoms with van der Waals surface area (Å²) in [5.41, 5.74) is 0.334. The highest BCUT2D eigenvalue weighted by molar-refractivity contribution is 6.56. The Morgan fingerprint density at radius 2 is 1.44 bits per heavy atom. The average Bonchev–Trinajstić information content (AvgIpc) is 3.43. The van der Waals surface area contributed by atoms with Gasteiger partial charge in [-0.25, -0.2) is 4.90 Å². The summed E-state index contributed by atoms with van der Waals surface area (Å²) in [7, 11) is 1.47. The van der Waals surface area contributed by atoms with Gasteiger partial charge in [0.05, 0.1) is 55.6 Å². The van der Waals surface area contributed by atoms with Crippen LogP contribution in [0, 0.1) is 5.92 Å². The molecule has 200 valence electrons. The van der Waals surface area contributed by atoms with E-state index in [1.165, 1.54) is 36.3 Å². The van der Waals surface area contributed by atoms with Gasteiger partial charge < -0.3 is 14.4 Å². The fraction of sp³-hybridized carbons (Fsp3) is 0.154. The van der Waals surface area contributed by atoms with E-state index in [0.717, 1.165) is 4.90 Å². The van der Waals surface area contributed by atoms with Crippen molar-refractivity contribution in [1.29, 1.82) is 0 Å². The molecule has 5 rings (SSSR count). The molecular formula is C26H15Cl5N2O6. The normalized spacial score (nSPS) is 16.7. The van der Waals surface area contributed by atoms with Crippen LogP contribution in [0.3, 0.4) is 0 Å². The van der Waals surface area contributed by atoms with Gasteiger partial charge in [0.15, 0.2) is 0 Å². The Bertz CT molecular complexity index is 1530. The van der Waals surface area contributed by atoms with Crippen LogP contribution in [0.1, 0.15) is 27.1 Å². The molecule has 3 aromatic rings. The molecule has 1 saturated heterocycles. The number of carbonyl (C=O) groups is 4. The predicted octanol–water partition coefficient (Wildman–Crippen LogP) is 6.72. The minimum Gasteiger partial charge on any atom is -0.495 e. The Kier molecular flexibility index (Phi) is 7.43. The third-order valence-electron chi connectivity index (χ3n) is 6.30. The van der Waals surface area contributed by atoms with Crippen LogP contribution in [0.5, 0.6) is 11.5 Å². The van der Waals surface area contributed by atoms with Gasteiger partial charge in [-0.15, -0.1) is 0 Å². The molecule has 8 nitrogen and oxygen atoms in total. The molecular weight excluding hydrogens is 614 g/mol. The van der Waals surface area contributed by atoms with Gasteiger partial charge in [0.25, 0.3) is 11.8 Å². The van der Waals surface area contributed by atoms with Crippen molar-refractivity contribution in [2.75, 3.05) is 23.5 Å². The summed E-state index contributed by atoms with van der Waals surface area (Å²) in [5.74, 6) is -2.51. The highest BCUT2D eigenvalue weighted by Gasteiger charge is 2.42. The number of fused-ring (bicyclic) bond motifs is 1. The lowest BCUT2D eigenvalue weighted by molar-refractivity contribution is -0.139. The van der Waals surface area contributed by atoms with Crippen molar-refractivity contribution >= 4 is 93.1 Å². The number of hydrogen-bond acceptors (Lipinski definition) is 6. The van der Waals surface area contributed by atoms with Gasteiger partial charge in [0, 0.05) is 18.0 Å². The van der Waals surface area contributed by atoms with E-state index in [0.29, 0.717) is 16.5 Å². The van der Waals surface area contributed by atoms with Crippen molar-refractivity contribution in [3.8, 4) is 11.5 Å². The van der Waals surface area contributed by atoms with Crippen LogP contribution in [-0.4, -0.2) is 37.3 Å². The van der Waals surface area contributed by atoms with Crippen LogP contribution in [0.15, 0.2) is 42.5 Å². The molecule has 3 amide bonds. The Labute approximate surface area is 246 Å². The first-order valence-electron chi connectivity index (χ1n) is 11.2. The number of amides is 3. The Balaban J connectivity index is 1.31. The number of esters is 1. The zero-order valence-electron chi connectivity index (χ0n) is 19.8. The number of rotatable bonds is 5. The van der Waals surface area contributed by atoms with Gasteiger partial charge in [-0.2, -0.15) is 0 Å². The number of nitrogens with zero attached hydrogens (tertiary/aromatic N) is 2. The fourth-order valence-corrected chi connectivity index (χ4v) is 5.60. The third kappa shape index (κ3) is 4.70. The molecule has 2 aliphatic heterocycles. The summed E-state index contributed by atoms with van der Waals surface area (Å²) < 4.78 is 10.8. The van der Waals surface area contributed by atoms with Gasteiger partial charge in [0.1, 0.15) is 11.5 Å². The Morgan fingerprint density at radius 1 is 0.846 bits per heavy atom. The van der Waals surface area contributed by atoms with E-state index >= 15 is 0 Å². The summed E-state index contributed by atoms with van der Waals surface area (Å²) >= 11 is 30.6. The van der Waals surface area contributed by atoms with Crippen LogP contribution < -0.4 is 19.3 Å². The van der Waals surface area contributed by atoms with Crippen molar-refractivity contribution in [2.24, 2.45) is 5.92 Å². The van der Waals surface area contributed by atoms with Crippen molar-refractivity contribution in [3.05, 3.63) is 78.7 Å². The van der Waals surface area contributed by atoms with E-state index in [1.807, 2.05) is 0 Å². The molecule has 1 atom stereocenters. The standard InChI is InChI=1S/C26H15Cl5N2O6/c1-38-16-7-2-12(27)9-15(16)32-10-11(8-17(32)34)26(37)39-14-5-3-13(4-6-14)33-24(35)18-19(25(33)36)21(29)23(31)22(30)20(18)28/h2-7,9,11H,8,10H2,1H3/t11-/m0/s1. The van der Waals surface area contributed by atoms with Gasteiger partial charge in [-0.3, -0.25) is 19.2 Å². The smallest absolute Gasteiger partial charge is 0.316 e. The zero-order chi connectivity index (χ0) is 28.2. The maximum Gasteiger partial charge on any atom is 0.316 e. The van der Waals surface area contributed by atoms with Gasteiger partial charge >= 0.3 is 5.97 Å². The molecule has 2 heterocycles. The summed E-state index contributed by atoms with van der Waals surface area (Å²) in [6.45, 7) is 0.0775. The van der Waals surface area contributed by atoms with E-state index in [1.54, 1.807) is 18.2 Å². The molecule has 0 unspecified atom stereocenters. The lowest BCUT2D eigenvalue weighted by Crippen LogP contribution is -2.29. The van der Waals surface area contributed by atoms with E-state index in [9.17, 15) is 19.2 Å². The third-order valence-corrected chi connectivity index (χ3v) is 8.34. The quantitative estimate of drug-likeness (QED) is 0.102. The van der Waals surface area contributed by atoms with Crippen molar-refractivity contribution in [2.45, 2.75) is 6.42 Å². The molecule has 0 aliphatic carbocycles. The average molecular weight is 629 g/mol. The maximum absolute atomic E-state index is 13.0. The van der Waals surface area contributed by atoms with Gasteiger partial charge in [-0.1, -0.05) is 58.0 Å². The van der Waals surface area contributed by atoms with Crippen LogP contribution in [-0.2, 0) is 9.59 Å². The summed E-state index contributed by atoms with van der Waals surface area (Å²) in [5, 5.41) is -0.209. The van der Waals surface area contributed by atoms with Crippen molar-refractivity contribution < 1.29 is 28.7 Å². The monoisotopic (exact) mass is 626 g/mol.